The van der Waals surface area contributed by atoms with E-state index in [1.54, 1.807) is 6.07 Å². The summed E-state index contributed by atoms with van der Waals surface area (Å²) in [6.45, 7) is 5.39. The molecule has 1 saturated heterocycles. The number of nitrogens with zero attached hydrogens (tertiary/aromatic N) is 1. The van der Waals surface area contributed by atoms with Crippen molar-refractivity contribution in [2.24, 2.45) is 5.92 Å². The highest BCUT2D eigenvalue weighted by atomic mass is 19.2. The largest absolute Gasteiger partial charge is 0.317 e. The first-order valence-electron chi connectivity index (χ1n) is 8.06. The molecule has 2 nitrogen and oxygen atoms in total. The minimum absolute atomic E-state index is 0.155. The minimum atomic E-state index is -0.762. The molecule has 2 fully saturated rings. The van der Waals surface area contributed by atoms with Crippen molar-refractivity contribution >= 4 is 0 Å². The summed E-state index contributed by atoms with van der Waals surface area (Å²) >= 11 is 0. The van der Waals surface area contributed by atoms with Crippen molar-refractivity contribution < 1.29 is 8.78 Å². The van der Waals surface area contributed by atoms with Gasteiger partial charge in [0, 0.05) is 18.6 Å². The van der Waals surface area contributed by atoms with Crippen LogP contribution in [0.25, 0.3) is 0 Å². The van der Waals surface area contributed by atoms with Crippen LogP contribution < -0.4 is 5.32 Å². The number of rotatable bonds is 5. The van der Waals surface area contributed by atoms with Gasteiger partial charge in [0.15, 0.2) is 11.6 Å². The molecule has 1 atom stereocenters. The fraction of sp³-hybridized carbons (Fsp3) is 0.647. The summed E-state index contributed by atoms with van der Waals surface area (Å²) in [5.74, 6) is -0.779. The molecule has 4 heteroatoms. The van der Waals surface area contributed by atoms with Crippen molar-refractivity contribution in [2.45, 2.75) is 44.7 Å². The van der Waals surface area contributed by atoms with Crippen LogP contribution in [-0.2, 0) is 0 Å². The Bertz CT molecular complexity index is 482. The topological polar surface area (TPSA) is 15.3 Å². The summed E-state index contributed by atoms with van der Waals surface area (Å²) < 4.78 is 26.6. The highest BCUT2D eigenvalue weighted by molar-refractivity contribution is 5.21. The molecule has 116 valence electrons. The lowest BCUT2D eigenvalue weighted by molar-refractivity contribution is 0.151. The average Bonchev–Trinajstić information content (AvgIpc) is 3.33. The van der Waals surface area contributed by atoms with Crippen LogP contribution in [0.15, 0.2) is 18.2 Å². The van der Waals surface area contributed by atoms with Crippen LogP contribution in [-0.4, -0.2) is 30.6 Å². The van der Waals surface area contributed by atoms with Gasteiger partial charge in [-0.3, -0.25) is 4.90 Å². The predicted octanol–water partition coefficient (Wildman–Crippen LogP) is 3.49. The standard InChI is InChI=1S/C17H24F2N2/c1-12(14-2-5-16(18)17(19)10-14)21(15-3-4-15)11-13-6-8-20-9-7-13/h2,5,10,12-13,15,20H,3-4,6-9,11H2,1H3. The molecule has 1 N–H and O–H groups in total. The predicted molar refractivity (Wildman–Crippen MR) is 80.1 cm³/mol. The first-order chi connectivity index (χ1) is 10.1. The van der Waals surface area contributed by atoms with Crippen LogP contribution >= 0.6 is 0 Å². The smallest absolute Gasteiger partial charge is 0.159 e. The maximum Gasteiger partial charge on any atom is 0.159 e. The zero-order valence-corrected chi connectivity index (χ0v) is 12.6. The van der Waals surface area contributed by atoms with Crippen molar-refractivity contribution in [1.82, 2.24) is 10.2 Å². The van der Waals surface area contributed by atoms with Crippen molar-refractivity contribution in [3.05, 3.63) is 35.4 Å². The highest BCUT2D eigenvalue weighted by Crippen LogP contribution is 2.36. The van der Waals surface area contributed by atoms with E-state index in [2.05, 4.69) is 17.1 Å². The molecule has 0 bridgehead atoms. The molecular weight excluding hydrogens is 270 g/mol. The summed E-state index contributed by atoms with van der Waals surface area (Å²) in [6, 6.07) is 5.11. The second kappa shape index (κ2) is 6.41. The van der Waals surface area contributed by atoms with E-state index in [1.807, 2.05) is 0 Å². The molecule has 1 aliphatic heterocycles. The monoisotopic (exact) mass is 294 g/mol. The van der Waals surface area contributed by atoms with E-state index in [9.17, 15) is 8.78 Å². The average molecular weight is 294 g/mol. The van der Waals surface area contributed by atoms with E-state index in [4.69, 9.17) is 0 Å². The van der Waals surface area contributed by atoms with Gasteiger partial charge in [0.25, 0.3) is 0 Å². The summed E-state index contributed by atoms with van der Waals surface area (Å²) in [5.41, 5.74) is 0.884. The van der Waals surface area contributed by atoms with Gasteiger partial charge in [0.1, 0.15) is 0 Å². The third-order valence-corrected chi connectivity index (χ3v) is 4.87. The highest BCUT2D eigenvalue weighted by Gasteiger charge is 2.34. The second-order valence-electron chi connectivity index (χ2n) is 6.47. The fourth-order valence-electron chi connectivity index (χ4n) is 3.36. The first kappa shape index (κ1) is 14.9. The lowest BCUT2D eigenvalue weighted by atomic mass is 9.96. The Morgan fingerprint density at radius 2 is 1.86 bits per heavy atom. The normalized spacial score (nSPS) is 21.7. The number of hydrogen-bond donors (Lipinski definition) is 1. The van der Waals surface area contributed by atoms with Crippen LogP contribution in [0, 0.1) is 17.6 Å². The molecule has 1 saturated carbocycles. The van der Waals surface area contributed by atoms with Crippen molar-refractivity contribution in [1.29, 1.82) is 0 Å². The Morgan fingerprint density at radius 1 is 1.14 bits per heavy atom. The first-order valence-corrected chi connectivity index (χ1v) is 8.06. The molecule has 21 heavy (non-hydrogen) atoms. The Balaban J connectivity index is 1.71. The van der Waals surface area contributed by atoms with Gasteiger partial charge in [0.2, 0.25) is 0 Å². The quantitative estimate of drug-likeness (QED) is 0.894. The van der Waals surface area contributed by atoms with Gasteiger partial charge in [-0.1, -0.05) is 6.07 Å². The van der Waals surface area contributed by atoms with E-state index in [0.29, 0.717) is 6.04 Å². The van der Waals surface area contributed by atoms with Crippen LogP contribution in [0.2, 0.25) is 0 Å². The van der Waals surface area contributed by atoms with Gasteiger partial charge in [-0.15, -0.1) is 0 Å². The molecule has 2 aliphatic rings. The van der Waals surface area contributed by atoms with Gasteiger partial charge >= 0.3 is 0 Å². The summed E-state index contributed by atoms with van der Waals surface area (Å²) in [6.07, 6.45) is 4.90. The van der Waals surface area contributed by atoms with E-state index >= 15 is 0 Å². The molecule has 0 aromatic heterocycles. The second-order valence-corrected chi connectivity index (χ2v) is 6.47. The van der Waals surface area contributed by atoms with Gasteiger partial charge in [-0.25, -0.2) is 8.78 Å². The van der Waals surface area contributed by atoms with Crippen LogP contribution in [0.3, 0.4) is 0 Å². The molecule has 1 unspecified atom stereocenters. The molecule has 0 amide bonds. The Kier molecular flexibility index (Phi) is 4.55. The number of hydrogen-bond acceptors (Lipinski definition) is 2. The molecule has 0 radical (unpaired) electrons. The van der Waals surface area contributed by atoms with E-state index in [1.165, 1.54) is 37.8 Å². The van der Waals surface area contributed by atoms with Crippen LogP contribution in [0.1, 0.15) is 44.2 Å². The Labute approximate surface area is 125 Å². The zero-order chi connectivity index (χ0) is 14.8. The van der Waals surface area contributed by atoms with Gasteiger partial charge in [0.05, 0.1) is 0 Å². The number of halogens is 2. The molecule has 3 rings (SSSR count). The van der Waals surface area contributed by atoms with Gasteiger partial charge < -0.3 is 5.32 Å². The molecule has 0 spiro atoms. The molecule has 1 aromatic rings. The molecule has 1 aliphatic carbocycles. The zero-order valence-electron chi connectivity index (χ0n) is 12.6. The third kappa shape index (κ3) is 3.61. The fourth-order valence-corrected chi connectivity index (χ4v) is 3.36. The van der Waals surface area contributed by atoms with Gasteiger partial charge in [-0.05, 0) is 69.3 Å². The van der Waals surface area contributed by atoms with E-state index in [0.717, 1.165) is 31.1 Å². The van der Waals surface area contributed by atoms with Crippen LogP contribution in [0.4, 0.5) is 8.78 Å². The van der Waals surface area contributed by atoms with Crippen LogP contribution in [0.5, 0.6) is 0 Å². The number of nitrogens with one attached hydrogen (secondary N) is 1. The van der Waals surface area contributed by atoms with E-state index in [-0.39, 0.29) is 6.04 Å². The maximum absolute atomic E-state index is 13.5. The van der Waals surface area contributed by atoms with E-state index < -0.39 is 11.6 Å². The van der Waals surface area contributed by atoms with Crippen molar-refractivity contribution in [3.63, 3.8) is 0 Å². The molecule has 1 heterocycles. The summed E-state index contributed by atoms with van der Waals surface area (Å²) in [5, 5.41) is 3.40. The van der Waals surface area contributed by atoms with Gasteiger partial charge in [-0.2, -0.15) is 0 Å². The lowest BCUT2D eigenvalue weighted by Gasteiger charge is -2.34. The van der Waals surface area contributed by atoms with Crippen molar-refractivity contribution in [3.8, 4) is 0 Å². The molecular formula is C17H24F2N2. The summed E-state index contributed by atoms with van der Waals surface area (Å²) in [4.78, 5) is 2.50. The minimum Gasteiger partial charge on any atom is -0.317 e. The Morgan fingerprint density at radius 3 is 2.48 bits per heavy atom. The molecule has 1 aromatic carbocycles. The van der Waals surface area contributed by atoms with Crippen molar-refractivity contribution in [2.75, 3.05) is 19.6 Å². The lowest BCUT2D eigenvalue weighted by Crippen LogP contribution is -2.38. The SMILES string of the molecule is CC(c1ccc(F)c(F)c1)N(CC1CCNCC1)C1CC1. The Hall–Kier alpha value is -1.00. The number of piperidine rings is 1. The maximum atomic E-state index is 13.5. The third-order valence-electron chi connectivity index (χ3n) is 4.87. The summed E-state index contributed by atoms with van der Waals surface area (Å²) in [7, 11) is 0. The number of benzene rings is 1.